The molecule has 0 saturated carbocycles. The zero-order valence-electron chi connectivity index (χ0n) is 14.3. The highest BCUT2D eigenvalue weighted by Crippen LogP contribution is 2.24. The van der Waals surface area contributed by atoms with Crippen molar-refractivity contribution in [2.75, 3.05) is 6.61 Å². The number of rotatable bonds is 7. The van der Waals surface area contributed by atoms with Crippen LogP contribution in [0.15, 0.2) is 60.7 Å². The minimum atomic E-state index is -1.44. The molecule has 6 heteroatoms. The van der Waals surface area contributed by atoms with E-state index in [-0.39, 0.29) is 13.2 Å². The number of benzene rings is 2. The predicted octanol–water partition coefficient (Wildman–Crippen LogP) is 1.23. The first-order valence-electron chi connectivity index (χ1n) is 8.62. The summed E-state index contributed by atoms with van der Waals surface area (Å²) in [6.45, 7) is 0.649. The third-order valence-electron chi connectivity index (χ3n) is 4.34. The van der Waals surface area contributed by atoms with Gasteiger partial charge in [-0.25, -0.2) is 0 Å². The van der Waals surface area contributed by atoms with Crippen molar-refractivity contribution in [3.8, 4) is 0 Å². The van der Waals surface area contributed by atoms with Crippen molar-refractivity contribution in [1.29, 1.82) is 0 Å². The summed E-state index contributed by atoms with van der Waals surface area (Å²) < 4.78 is 16.5. The molecule has 0 bridgehead atoms. The lowest BCUT2D eigenvalue weighted by molar-refractivity contribution is -0.298. The van der Waals surface area contributed by atoms with Crippen LogP contribution < -0.4 is 0 Å². The van der Waals surface area contributed by atoms with Crippen LogP contribution in [0, 0.1) is 0 Å². The maximum atomic E-state index is 10.5. The second-order valence-electron chi connectivity index (χ2n) is 6.31. The van der Waals surface area contributed by atoms with Crippen LogP contribution in [0.3, 0.4) is 0 Å². The van der Waals surface area contributed by atoms with E-state index in [0.717, 1.165) is 11.1 Å². The molecular formula is C20H24O6. The van der Waals surface area contributed by atoms with E-state index < -0.39 is 30.7 Å². The van der Waals surface area contributed by atoms with Crippen molar-refractivity contribution < 1.29 is 29.5 Å². The number of aliphatic hydroxyl groups is 3. The van der Waals surface area contributed by atoms with Gasteiger partial charge in [0.05, 0.1) is 19.8 Å². The summed E-state index contributed by atoms with van der Waals surface area (Å²) in [6.07, 6.45) is -5.65. The quantitative estimate of drug-likeness (QED) is 0.688. The molecule has 3 N–H and O–H groups in total. The van der Waals surface area contributed by atoms with Gasteiger partial charge in [0.2, 0.25) is 0 Å². The molecule has 6 nitrogen and oxygen atoms in total. The van der Waals surface area contributed by atoms with Gasteiger partial charge in [0.25, 0.3) is 0 Å². The molecule has 0 radical (unpaired) electrons. The minimum absolute atomic E-state index is 0.0744. The Morgan fingerprint density at radius 2 is 1.35 bits per heavy atom. The van der Waals surface area contributed by atoms with Gasteiger partial charge in [-0.2, -0.15) is 0 Å². The van der Waals surface area contributed by atoms with Gasteiger partial charge in [0.15, 0.2) is 6.29 Å². The highest BCUT2D eigenvalue weighted by molar-refractivity contribution is 5.14. The van der Waals surface area contributed by atoms with Gasteiger partial charge in [0.1, 0.15) is 24.4 Å². The molecule has 1 fully saturated rings. The van der Waals surface area contributed by atoms with E-state index in [1.54, 1.807) is 0 Å². The predicted molar refractivity (Wildman–Crippen MR) is 94.0 cm³/mol. The molecule has 0 amide bonds. The Bertz CT molecular complexity index is 650. The molecule has 0 aliphatic carbocycles. The number of ether oxygens (including phenoxy) is 3. The van der Waals surface area contributed by atoms with E-state index in [1.807, 2.05) is 60.7 Å². The molecule has 1 aliphatic rings. The smallest absolute Gasteiger partial charge is 0.184 e. The Labute approximate surface area is 152 Å². The third kappa shape index (κ3) is 4.88. The van der Waals surface area contributed by atoms with E-state index in [2.05, 4.69) is 0 Å². The van der Waals surface area contributed by atoms with Crippen LogP contribution in [0.2, 0.25) is 0 Å². The number of hydrogen-bond acceptors (Lipinski definition) is 6. The first-order valence-corrected chi connectivity index (χ1v) is 8.62. The monoisotopic (exact) mass is 360 g/mol. The fourth-order valence-electron chi connectivity index (χ4n) is 2.88. The topological polar surface area (TPSA) is 88.4 Å². The van der Waals surface area contributed by atoms with Crippen LogP contribution >= 0.6 is 0 Å². The van der Waals surface area contributed by atoms with E-state index in [1.165, 1.54) is 0 Å². The summed E-state index contributed by atoms with van der Waals surface area (Å²) in [6, 6.07) is 19.0. The maximum absolute atomic E-state index is 10.5. The fraction of sp³-hybridized carbons (Fsp3) is 0.400. The van der Waals surface area contributed by atoms with Gasteiger partial charge in [-0.05, 0) is 11.1 Å². The second-order valence-corrected chi connectivity index (χ2v) is 6.31. The first kappa shape index (κ1) is 19.0. The van der Waals surface area contributed by atoms with Crippen LogP contribution in [-0.2, 0) is 27.4 Å². The van der Waals surface area contributed by atoms with Crippen molar-refractivity contribution in [3.63, 3.8) is 0 Å². The van der Waals surface area contributed by atoms with Crippen LogP contribution in [0.25, 0.3) is 0 Å². The van der Waals surface area contributed by atoms with E-state index in [0.29, 0.717) is 6.61 Å². The fourth-order valence-corrected chi connectivity index (χ4v) is 2.88. The first-order chi connectivity index (χ1) is 12.6. The van der Waals surface area contributed by atoms with Crippen molar-refractivity contribution in [3.05, 3.63) is 71.8 Å². The van der Waals surface area contributed by atoms with Crippen LogP contribution in [-0.4, -0.2) is 52.6 Å². The Hall–Kier alpha value is -1.80. The average Bonchev–Trinajstić information content (AvgIpc) is 2.67. The van der Waals surface area contributed by atoms with Gasteiger partial charge in [0, 0.05) is 0 Å². The molecule has 2 aromatic rings. The molecular weight excluding hydrogens is 336 g/mol. The summed E-state index contributed by atoms with van der Waals surface area (Å²) >= 11 is 0. The van der Waals surface area contributed by atoms with Crippen LogP contribution in [0.4, 0.5) is 0 Å². The van der Waals surface area contributed by atoms with Crippen LogP contribution in [0.1, 0.15) is 11.1 Å². The molecule has 26 heavy (non-hydrogen) atoms. The highest BCUT2D eigenvalue weighted by atomic mass is 16.7. The highest BCUT2D eigenvalue weighted by Gasteiger charge is 2.44. The molecule has 1 saturated heterocycles. The van der Waals surface area contributed by atoms with Crippen LogP contribution in [0.5, 0.6) is 0 Å². The molecule has 2 aromatic carbocycles. The normalized spacial score (nSPS) is 28.8. The summed E-state index contributed by atoms with van der Waals surface area (Å²) in [5.74, 6) is 0. The second kappa shape index (κ2) is 9.23. The van der Waals surface area contributed by atoms with Crippen molar-refractivity contribution >= 4 is 0 Å². The lowest BCUT2D eigenvalue weighted by Gasteiger charge is -2.40. The van der Waals surface area contributed by atoms with Gasteiger partial charge >= 0.3 is 0 Å². The van der Waals surface area contributed by atoms with Crippen molar-refractivity contribution in [2.45, 2.75) is 43.9 Å². The summed E-state index contributed by atoms with van der Waals surface area (Å²) in [7, 11) is 0. The zero-order chi connectivity index (χ0) is 18.4. The van der Waals surface area contributed by atoms with Crippen molar-refractivity contribution in [1.82, 2.24) is 0 Å². The molecule has 0 unspecified atom stereocenters. The van der Waals surface area contributed by atoms with E-state index >= 15 is 0 Å². The Morgan fingerprint density at radius 1 is 0.769 bits per heavy atom. The Kier molecular flexibility index (Phi) is 6.73. The number of aliphatic hydroxyl groups excluding tert-OH is 3. The molecule has 5 atom stereocenters. The minimum Gasteiger partial charge on any atom is -0.387 e. The van der Waals surface area contributed by atoms with E-state index in [4.69, 9.17) is 14.2 Å². The van der Waals surface area contributed by atoms with E-state index in [9.17, 15) is 15.3 Å². The average molecular weight is 360 g/mol. The van der Waals surface area contributed by atoms with Gasteiger partial charge < -0.3 is 29.5 Å². The van der Waals surface area contributed by atoms with Gasteiger partial charge in [-0.1, -0.05) is 60.7 Å². The van der Waals surface area contributed by atoms with Gasteiger partial charge in [-0.3, -0.25) is 0 Å². The Morgan fingerprint density at radius 3 is 1.96 bits per heavy atom. The van der Waals surface area contributed by atoms with Crippen molar-refractivity contribution in [2.24, 2.45) is 0 Å². The molecule has 1 aliphatic heterocycles. The largest absolute Gasteiger partial charge is 0.387 e. The molecule has 0 aromatic heterocycles. The molecule has 0 spiro atoms. The zero-order valence-corrected chi connectivity index (χ0v) is 14.3. The summed E-state index contributed by atoms with van der Waals surface area (Å²) in [5, 5.41) is 30.5. The third-order valence-corrected chi connectivity index (χ3v) is 4.34. The molecule has 3 rings (SSSR count). The SMILES string of the molecule is O[C@@H]1[C@@H](OCc2ccccc2)[C@H](O)[C@H](O)O[C@H]1COCc1ccccc1. The lowest BCUT2D eigenvalue weighted by Crippen LogP contribution is -2.59. The molecule has 140 valence electrons. The summed E-state index contributed by atoms with van der Waals surface area (Å²) in [5.41, 5.74) is 1.90. The van der Waals surface area contributed by atoms with Gasteiger partial charge in [-0.15, -0.1) is 0 Å². The lowest BCUT2D eigenvalue weighted by atomic mass is 9.99. The maximum Gasteiger partial charge on any atom is 0.184 e. The summed E-state index contributed by atoms with van der Waals surface area (Å²) in [4.78, 5) is 0. The Balaban J connectivity index is 1.55. The molecule has 1 heterocycles. The standard InChI is InChI=1S/C20H24O6/c21-17-16(13-24-11-14-7-3-1-4-8-14)26-20(23)18(22)19(17)25-12-15-9-5-2-6-10-15/h1-10,16-23H,11-13H2/t16-,17-,18-,19+,20+/m0/s1. The number of hydrogen-bond donors (Lipinski definition) is 3.